The Kier molecular flexibility index (Phi) is 4.20. The Bertz CT molecular complexity index is 413. The average molecular weight is 249 g/mol. The lowest BCUT2D eigenvalue weighted by Crippen LogP contribution is -2.35. The number of carbonyl (C=O) groups is 1. The number of phenolic OH excluding ortho intramolecular Hbond substituents is 1. The largest absolute Gasteiger partial charge is 0.508 e. The van der Waals surface area contributed by atoms with Gasteiger partial charge in [-0.1, -0.05) is 18.6 Å². The SMILES string of the molecule is O=C(O)C(CN1CCCCC1)c1cccc(O)c1. The van der Waals surface area contributed by atoms with Crippen molar-refractivity contribution in [3.05, 3.63) is 29.8 Å². The molecule has 1 fully saturated rings. The van der Waals surface area contributed by atoms with Crippen molar-refractivity contribution in [2.75, 3.05) is 19.6 Å². The van der Waals surface area contributed by atoms with Crippen LogP contribution in [0.5, 0.6) is 5.75 Å². The van der Waals surface area contributed by atoms with E-state index >= 15 is 0 Å². The molecule has 1 unspecified atom stereocenters. The highest BCUT2D eigenvalue weighted by molar-refractivity contribution is 5.76. The van der Waals surface area contributed by atoms with Gasteiger partial charge in [0, 0.05) is 6.54 Å². The van der Waals surface area contributed by atoms with E-state index in [9.17, 15) is 15.0 Å². The van der Waals surface area contributed by atoms with Crippen molar-refractivity contribution >= 4 is 5.97 Å². The van der Waals surface area contributed by atoms with Crippen LogP contribution in [0.1, 0.15) is 30.7 Å². The highest BCUT2D eigenvalue weighted by atomic mass is 16.4. The topological polar surface area (TPSA) is 60.8 Å². The lowest BCUT2D eigenvalue weighted by molar-refractivity contribution is -0.139. The third kappa shape index (κ3) is 3.23. The molecule has 2 N–H and O–H groups in total. The van der Waals surface area contributed by atoms with Gasteiger partial charge < -0.3 is 15.1 Å². The van der Waals surface area contributed by atoms with Crippen LogP contribution in [-0.2, 0) is 4.79 Å². The molecule has 1 aromatic rings. The molecule has 0 spiro atoms. The summed E-state index contributed by atoms with van der Waals surface area (Å²) in [7, 11) is 0. The molecule has 1 aliphatic heterocycles. The summed E-state index contributed by atoms with van der Waals surface area (Å²) in [5.74, 6) is -1.27. The van der Waals surface area contributed by atoms with E-state index < -0.39 is 11.9 Å². The van der Waals surface area contributed by atoms with Gasteiger partial charge in [-0.15, -0.1) is 0 Å². The minimum atomic E-state index is -0.828. The number of hydrogen-bond acceptors (Lipinski definition) is 3. The number of phenols is 1. The maximum Gasteiger partial charge on any atom is 0.312 e. The molecule has 1 saturated heterocycles. The fourth-order valence-corrected chi connectivity index (χ4v) is 2.47. The first kappa shape index (κ1) is 12.9. The van der Waals surface area contributed by atoms with Crippen LogP contribution in [0.15, 0.2) is 24.3 Å². The van der Waals surface area contributed by atoms with Gasteiger partial charge in [0.2, 0.25) is 0 Å². The molecule has 0 amide bonds. The monoisotopic (exact) mass is 249 g/mol. The van der Waals surface area contributed by atoms with E-state index in [1.54, 1.807) is 24.3 Å². The Morgan fingerprint density at radius 3 is 2.61 bits per heavy atom. The summed E-state index contributed by atoms with van der Waals surface area (Å²) >= 11 is 0. The molecule has 0 bridgehead atoms. The normalized spacial score (nSPS) is 18.4. The van der Waals surface area contributed by atoms with Gasteiger partial charge in [-0.05, 0) is 43.6 Å². The van der Waals surface area contributed by atoms with Crippen LogP contribution in [0, 0.1) is 0 Å². The lowest BCUT2D eigenvalue weighted by Gasteiger charge is -2.29. The molecule has 4 nitrogen and oxygen atoms in total. The smallest absolute Gasteiger partial charge is 0.312 e. The van der Waals surface area contributed by atoms with Crippen LogP contribution in [0.4, 0.5) is 0 Å². The zero-order chi connectivity index (χ0) is 13.0. The maximum atomic E-state index is 11.4. The second kappa shape index (κ2) is 5.87. The number of aliphatic carboxylic acids is 1. The molecule has 2 rings (SSSR count). The fourth-order valence-electron chi connectivity index (χ4n) is 2.47. The van der Waals surface area contributed by atoms with Crippen LogP contribution >= 0.6 is 0 Å². The molecular formula is C14H19NO3. The van der Waals surface area contributed by atoms with Crippen molar-refractivity contribution in [2.24, 2.45) is 0 Å². The quantitative estimate of drug-likeness (QED) is 0.857. The second-order valence-electron chi connectivity index (χ2n) is 4.85. The van der Waals surface area contributed by atoms with Gasteiger partial charge in [-0.3, -0.25) is 4.79 Å². The molecule has 0 aromatic heterocycles. The molecule has 0 aliphatic carbocycles. The van der Waals surface area contributed by atoms with Crippen LogP contribution < -0.4 is 0 Å². The summed E-state index contributed by atoms with van der Waals surface area (Å²) in [5, 5.41) is 18.8. The lowest BCUT2D eigenvalue weighted by atomic mass is 9.97. The Balaban J connectivity index is 2.10. The number of hydrogen-bond donors (Lipinski definition) is 2. The first-order valence-electron chi connectivity index (χ1n) is 6.41. The summed E-state index contributed by atoms with van der Waals surface area (Å²) in [5.41, 5.74) is 0.674. The Morgan fingerprint density at radius 2 is 2.00 bits per heavy atom. The molecular weight excluding hydrogens is 230 g/mol. The Labute approximate surface area is 107 Å². The molecule has 0 saturated carbocycles. The molecule has 1 aliphatic rings. The van der Waals surface area contributed by atoms with Gasteiger partial charge in [0.15, 0.2) is 0 Å². The number of benzene rings is 1. The summed E-state index contributed by atoms with van der Waals surface area (Å²) in [6.07, 6.45) is 3.53. The number of aromatic hydroxyl groups is 1. The van der Waals surface area contributed by atoms with Gasteiger partial charge in [-0.25, -0.2) is 0 Å². The van der Waals surface area contributed by atoms with E-state index in [0.29, 0.717) is 12.1 Å². The van der Waals surface area contributed by atoms with Gasteiger partial charge in [0.25, 0.3) is 0 Å². The second-order valence-corrected chi connectivity index (χ2v) is 4.85. The first-order chi connectivity index (χ1) is 8.66. The van der Waals surface area contributed by atoms with Gasteiger partial charge in [0.1, 0.15) is 5.75 Å². The third-order valence-corrected chi connectivity index (χ3v) is 3.46. The van der Waals surface area contributed by atoms with Gasteiger partial charge in [-0.2, -0.15) is 0 Å². The highest BCUT2D eigenvalue weighted by Gasteiger charge is 2.24. The van der Waals surface area contributed by atoms with Crippen molar-refractivity contribution in [1.82, 2.24) is 4.90 Å². The summed E-state index contributed by atoms with van der Waals surface area (Å²) in [4.78, 5) is 13.6. The third-order valence-electron chi connectivity index (χ3n) is 3.46. The van der Waals surface area contributed by atoms with Crippen molar-refractivity contribution in [2.45, 2.75) is 25.2 Å². The minimum Gasteiger partial charge on any atom is -0.508 e. The minimum absolute atomic E-state index is 0.123. The van der Waals surface area contributed by atoms with Crippen molar-refractivity contribution in [3.8, 4) is 5.75 Å². The fraction of sp³-hybridized carbons (Fsp3) is 0.500. The summed E-state index contributed by atoms with van der Waals surface area (Å²) in [6.45, 7) is 2.48. The maximum absolute atomic E-state index is 11.4. The number of nitrogens with zero attached hydrogens (tertiary/aromatic N) is 1. The molecule has 1 atom stereocenters. The van der Waals surface area contributed by atoms with Gasteiger partial charge in [0.05, 0.1) is 5.92 Å². The van der Waals surface area contributed by atoms with Gasteiger partial charge >= 0.3 is 5.97 Å². The van der Waals surface area contributed by atoms with E-state index in [-0.39, 0.29) is 5.75 Å². The van der Waals surface area contributed by atoms with Crippen LogP contribution in [0.25, 0.3) is 0 Å². The van der Waals surface area contributed by atoms with E-state index in [4.69, 9.17) is 0 Å². The predicted molar refractivity (Wildman–Crippen MR) is 68.8 cm³/mol. The molecule has 1 aromatic carbocycles. The molecule has 0 radical (unpaired) electrons. The van der Waals surface area contributed by atoms with Crippen molar-refractivity contribution in [3.63, 3.8) is 0 Å². The number of carboxylic acids is 1. The highest BCUT2D eigenvalue weighted by Crippen LogP contribution is 2.23. The number of carboxylic acid groups (broad SMARTS) is 1. The Hall–Kier alpha value is -1.55. The standard InChI is InChI=1S/C14H19NO3/c16-12-6-4-5-11(9-12)13(14(17)18)10-15-7-2-1-3-8-15/h4-6,9,13,16H,1-3,7-8,10H2,(H,17,18). The molecule has 1 heterocycles. The van der Waals surface area contributed by atoms with Crippen molar-refractivity contribution in [1.29, 1.82) is 0 Å². The molecule has 4 heteroatoms. The van der Waals surface area contributed by atoms with E-state index in [2.05, 4.69) is 4.90 Å². The summed E-state index contributed by atoms with van der Waals surface area (Å²) in [6, 6.07) is 6.56. The zero-order valence-electron chi connectivity index (χ0n) is 10.4. The number of likely N-dealkylation sites (tertiary alicyclic amines) is 1. The van der Waals surface area contributed by atoms with E-state index in [1.807, 2.05) is 0 Å². The average Bonchev–Trinajstić information content (AvgIpc) is 2.37. The van der Waals surface area contributed by atoms with E-state index in [1.165, 1.54) is 6.42 Å². The van der Waals surface area contributed by atoms with Crippen LogP contribution in [0.2, 0.25) is 0 Å². The predicted octanol–water partition coefficient (Wildman–Crippen LogP) is 2.05. The Morgan fingerprint density at radius 1 is 1.28 bits per heavy atom. The zero-order valence-corrected chi connectivity index (χ0v) is 10.4. The first-order valence-corrected chi connectivity index (χ1v) is 6.41. The van der Waals surface area contributed by atoms with Crippen LogP contribution in [0.3, 0.4) is 0 Å². The number of piperidine rings is 1. The molecule has 98 valence electrons. The number of rotatable bonds is 4. The van der Waals surface area contributed by atoms with E-state index in [0.717, 1.165) is 25.9 Å². The summed E-state index contributed by atoms with van der Waals surface area (Å²) < 4.78 is 0. The van der Waals surface area contributed by atoms with Crippen LogP contribution in [-0.4, -0.2) is 40.7 Å². The van der Waals surface area contributed by atoms with Crippen molar-refractivity contribution < 1.29 is 15.0 Å². The molecule has 18 heavy (non-hydrogen) atoms.